The van der Waals surface area contributed by atoms with Crippen LogP contribution in [0.5, 0.6) is 0 Å². The van der Waals surface area contributed by atoms with Crippen molar-refractivity contribution in [3.05, 3.63) is 22.3 Å². The van der Waals surface area contributed by atoms with E-state index in [4.69, 9.17) is 0 Å². The molecule has 0 bridgehead atoms. The number of sulfone groups is 1. The number of aromatic nitrogens is 4. The van der Waals surface area contributed by atoms with E-state index in [1.165, 1.54) is 11.3 Å². The summed E-state index contributed by atoms with van der Waals surface area (Å²) in [6.07, 6.45) is -0.616. The first-order valence-corrected chi connectivity index (χ1v) is 7.92. The summed E-state index contributed by atoms with van der Waals surface area (Å²) in [6, 6.07) is -0.506. The van der Waals surface area contributed by atoms with Crippen LogP contribution in [-0.2, 0) is 9.84 Å². The van der Waals surface area contributed by atoms with Crippen LogP contribution in [0.4, 0.5) is 8.78 Å². The number of hydrogen-bond acceptors (Lipinski definition) is 6. The van der Waals surface area contributed by atoms with E-state index in [2.05, 4.69) is 15.2 Å². The summed E-state index contributed by atoms with van der Waals surface area (Å²) in [4.78, 5) is 4.97. The van der Waals surface area contributed by atoms with Crippen molar-refractivity contribution >= 4 is 21.2 Å². The third kappa shape index (κ3) is 2.78. The molecule has 2 aromatic heterocycles. The lowest BCUT2D eigenvalue weighted by molar-refractivity contribution is 0.141. The molecular formula is C9H10F2N4O2S2. The Hall–Kier alpha value is -1.42. The zero-order chi connectivity index (χ0) is 14.2. The van der Waals surface area contributed by atoms with E-state index >= 15 is 0 Å². The monoisotopic (exact) mass is 308 g/mol. The summed E-state index contributed by atoms with van der Waals surface area (Å²) in [5.74, 6) is 0. The smallest absolute Gasteiger partial charge is 0.247 e. The maximum Gasteiger partial charge on any atom is 0.285 e. The minimum Gasteiger partial charge on any atom is -0.247 e. The second-order valence-corrected chi connectivity index (χ2v) is 6.69. The lowest BCUT2D eigenvalue weighted by Gasteiger charge is -2.05. The maximum absolute atomic E-state index is 12.8. The van der Waals surface area contributed by atoms with Crippen molar-refractivity contribution in [2.45, 2.75) is 24.4 Å². The number of thiazole rings is 1. The van der Waals surface area contributed by atoms with Crippen LogP contribution in [0, 0.1) is 0 Å². The second kappa shape index (κ2) is 4.93. The van der Waals surface area contributed by atoms with Gasteiger partial charge in [-0.3, -0.25) is 0 Å². The van der Waals surface area contributed by atoms with E-state index < -0.39 is 33.0 Å². The SMILES string of the molecule is CC(c1nccs1)n1nc(C(F)F)c(S(C)(=O)=O)n1. The highest BCUT2D eigenvalue weighted by Crippen LogP contribution is 2.26. The second-order valence-electron chi connectivity index (χ2n) is 3.83. The van der Waals surface area contributed by atoms with Crippen LogP contribution in [0.2, 0.25) is 0 Å². The van der Waals surface area contributed by atoms with Gasteiger partial charge < -0.3 is 0 Å². The molecule has 6 nitrogen and oxygen atoms in total. The van der Waals surface area contributed by atoms with E-state index in [1.54, 1.807) is 18.5 Å². The van der Waals surface area contributed by atoms with Crippen molar-refractivity contribution in [1.29, 1.82) is 0 Å². The van der Waals surface area contributed by atoms with E-state index in [-0.39, 0.29) is 0 Å². The van der Waals surface area contributed by atoms with Crippen molar-refractivity contribution in [3.63, 3.8) is 0 Å². The average molecular weight is 308 g/mol. The Kier molecular flexibility index (Phi) is 3.63. The molecule has 1 unspecified atom stereocenters. The lowest BCUT2D eigenvalue weighted by Crippen LogP contribution is -2.11. The molecule has 0 amide bonds. The molecule has 0 aliphatic carbocycles. The first-order valence-electron chi connectivity index (χ1n) is 5.15. The first kappa shape index (κ1) is 14.0. The molecule has 2 rings (SSSR count). The molecule has 0 saturated heterocycles. The summed E-state index contributed by atoms with van der Waals surface area (Å²) in [5.41, 5.74) is -0.828. The van der Waals surface area contributed by atoms with Crippen LogP contribution in [0.1, 0.15) is 30.1 Å². The van der Waals surface area contributed by atoms with Gasteiger partial charge in [0.05, 0.1) is 0 Å². The molecule has 0 radical (unpaired) electrons. The normalized spacial score (nSPS) is 13.9. The number of halogens is 2. The molecular weight excluding hydrogens is 298 g/mol. The van der Waals surface area contributed by atoms with Gasteiger partial charge in [-0.25, -0.2) is 22.2 Å². The maximum atomic E-state index is 12.8. The van der Waals surface area contributed by atoms with Gasteiger partial charge in [0, 0.05) is 17.8 Å². The zero-order valence-electron chi connectivity index (χ0n) is 9.99. The molecule has 2 aromatic rings. The van der Waals surface area contributed by atoms with Crippen LogP contribution in [0.3, 0.4) is 0 Å². The third-order valence-corrected chi connectivity index (χ3v) is 4.27. The number of nitrogens with zero attached hydrogens (tertiary/aromatic N) is 4. The lowest BCUT2D eigenvalue weighted by atomic mass is 10.4. The standard InChI is InChI=1S/C9H10F2N4O2S2/c1-5(8-12-3-4-18-8)15-13-6(7(10)11)9(14-15)19(2,16)17/h3-5,7H,1-2H3. The van der Waals surface area contributed by atoms with Crippen LogP contribution >= 0.6 is 11.3 Å². The summed E-state index contributed by atoms with van der Waals surface area (Å²) in [5, 5.41) is 8.88. The predicted molar refractivity (Wildman–Crippen MR) is 64.0 cm³/mol. The number of hydrogen-bond donors (Lipinski definition) is 0. The van der Waals surface area contributed by atoms with Gasteiger partial charge in [0.2, 0.25) is 5.03 Å². The Labute approximate surface area is 112 Å². The fraction of sp³-hybridized carbons (Fsp3) is 0.444. The molecule has 0 saturated carbocycles. The van der Waals surface area contributed by atoms with Crippen LogP contribution in [-0.4, -0.2) is 34.7 Å². The summed E-state index contributed by atoms with van der Waals surface area (Å²) in [6.45, 7) is 1.65. The molecule has 1 atom stereocenters. The quantitative estimate of drug-likeness (QED) is 0.859. The summed E-state index contributed by atoms with van der Waals surface area (Å²) >= 11 is 1.31. The van der Waals surface area contributed by atoms with Crippen molar-refractivity contribution in [2.24, 2.45) is 0 Å². The Bertz CT molecular complexity index is 666. The Morgan fingerprint density at radius 3 is 2.47 bits per heavy atom. The molecule has 19 heavy (non-hydrogen) atoms. The molecule has 2 heterocycles. The van der Waals surface area contributed by atoms with Gasteiger partial charge in [0.15, 0.2) is 15.5 Å². The van der Waals surface area contributed by atoms with Gasteiger partial charge in [0.25, 0.3) is 6.43 Å². The minimum atomic E-state index is -3.85. The van der Waals surface area contributed by atoms with Gasteiger partial charge in [-0.1, -0.05) is 0 Å². The van der Waals surface area contributed by atoms with Crippen molar-refractivity contribution in [3.8, 4) is 0 Å². The van der Waals surface area contributed by atoms with Crippen LogP contribution in [0.25, 0.3) is 0 Å². The highest BCUT2D eigenvalue weighted by molar-refractivity contribution is 7.90. The molecule has 0 aliphatic heterocycles. The fourth-order valence-electron chi connectivity index (χ4n) is 1.43. The zero-order valence-corrected chi connectivity index (χ0v) is 11.6. The Morgan fingerprint density at radius 2 is 2.05 bits per heavy atom. The van der Waals surface area contributed by atoms with Crippen LogP contribution in [0.15, 0.2) is 16.6 Å². The first-order chi connectivity index (χ1) is 8.80. The van der Waals surface area contributed by atoms with E-state index in [9.17, 15) is 17.2 Å². The highest BCUT2D eigenvalue weighted by atomic mass is 32.2. The largest absolute Gasteiger partial charge is 0.285 e. The van der Waals surface area contributed by atoms with Crippen LogP contribution < -0.4 is 0 Å². The van der Waals surface area contributed by atoms with Crippen molar-refractivity contribution in [1.82, 2.24) is 20.0 Å². The van der Waals surface area contributed by atoms with E-state index in [0.717, 1.165) is 11.1 Å². The van der Waals surface area contributed by atoms with Crippen molar-refractivity contribution in [2.75, 3.05) is 6.26 Å². The topological polar surface area (TPSA) is 77.7 Å². The predicted octanol–water partition coefficient (Wildman–Crippen LogP) is 1.69. The van der Waals surface area contributed by atoms with Gasteiger partial charge in [0.1, 0.15) is 11.0 Å². The van der Waals surface area contributed by atoms with Gasteiger partial charge >= 0.3 is 0 Å². The van der Waals surface area contributed by atoms with Gasteiger partial charge in [-0.2, -0.15) is 9.90 Å². The number of alkyl halides is 2. The number of rotatable bonds is 4. The molecule has 0 aliphatic rings. The molecule has 0 aromatic carbocycles. The highest BCUT2D eigenvalue weighted by Gasteiger charge is 2.28. The van der Waals surface area contributed by atoms with Gasteiger partial charge in [-0.05, 0) is 6.92 Å². The molecule has 0 fully saturated rings. The summed E-state index contributed by atoms with van der Waals surface area (Å²) in [7, 11) is -3.85. The Morgan fingerprint density at radius 1 is 1.37 bits per heavy atom. The Balaban J connectivity index is 2.50. The van der Waals surface area contributed by atoms with E-state index in [1.807, 2.05) is 0 Å². The van der Waals surface area contributed by atoms with Crippen molar-refractivity contribution < 1.29 is 17.2 Å². The third-order valence-electron chi connectivity index (χ3n) is 2.34. The molecule has 104 valence electrons. The van der Waals surface area contributed by atoms with Gasteiger partial charge in [-0.15, -0.1) is 16.4 Å². The molecule has 0 N–H and O–H groups in total. The molecule has 10 heteroatoms. The van der Waals surface area contributed by atoms with E-state index in [0.29, 0.717) is 5.01 Å². The summed E-state index contributed by atoms with van der Waals surface area (Å²) < 4.78 is 48.4. The minimum absolute atomic E-state index is 0.506. The fourth-order valence-corrected chi connectivity index (χ4v) is 2.85. The average Bonchev–Trinajstić information content (AvgIpc) is 2.96. The molecule has 0 spiro atoms.